The molecule has 1 aliphatic rings. The highest BCUT2D eigenvalue weighted by Gasteiger charge is 2.35. The van der Waals surface area contributed by atoms with Crippen molar-refractivity contribution in [2.45, 2.75) is 45.7 Å². The summed E-state index contributed by atoms with van der Waals surface area (Å²) >= 11 is 0. The molecule has 10 heteroatoms. The van der Waals surface area contributed by atoms with Gasteiger partial charge in [0.15, 0.2) is 5.69 Å². The van der Waals surface area contributed by atoms with Gasteiger partial charge < -0.3 is 25.6 Å². The molecule has 0 radical (unpaired) electrons. The number of benzene rings is 2. The van der Waals surface area contributed by atoms with Crippen molar-refractivity contribution in [2.75, 3.05) is 32.8 Å². The van der Waals surface area contributed by atoms with E-state index in [1.54, 1.807) is 9.80 Å². The molecule has 0 bridgehead atoms. The normalized spacial score (nSPS) is 15.2. The second-order valence-electron chi connectivity index (χ2n) is 10.0. The van der Waals surface area contributed by atoms with Gasteiger partial charge in [-0.25, -0.2) is 0 Å². The van der Waals surface area contributed by atoms with Crippen molar-refractivity contribution >= 4 is 17.7 Å². The van der Waals surface area contributed by atoms with E-state index in [0.29, 0.717) is 50.2 Å². The lowest BCUT2D eigenvalue weighted by molar-refractivity contribution is -0.135. The van der Waals surface area contributed by atoms with E-state index in [1.807, 2.05) is 86.0 Å². The molecule has 2 aromatic carbocycles. The van der Waals surface area contributed by atoms with Gasteiger partial charge in [0, 0.05) is 50.6 Å². The van der Waals surface area contributed by atoms with E-state index in [9.17, 15) is 14.4 Å². The number of nitrogens with two attached hydrogens (primary N) is 1. The van der Waals surface area contributed by atoms with Gasteiger partial charge in [-0.1, -0.05) is 48.5 Å². The average molecular weight is 547 g/mol. The van der Waals surface area contributed by atoms with Crippen LogP contribution in [0.15, 0.2) is 60.7 Å². The van der Waals surface area contributed by atoms with Gasteiger partial charge in [0.25, 0.3) is 5.91 Å². The van der Waals surface area contributed by atoms with Crippen molar-refractivity contribution in [3.8, 4) is 23.0 Å². The molecular weight excluding hydrogens is 508 g/mol. The molecule has 1 atom stereocenters. The molecule has 3 amide bonds. The van der Waals surface area contributed by atoms with Gasteiger partial charge in [-0.3, -0.25) is 19.0 Å². The van der Waals surface area contributed by atoms with Crippen LogP contribution in [-0.2, 0) is 9.59 Å². The van der Waals surface area contributed by atoms with Crippen LogP contribution in [0.1, 0.15) is 44.1 Å². The number of nitrogens with one attached hydrogen (secondary N) is 1. The Morgan fingerprint density at radius 3 is 2.38 bits per heavy atom. The summed E-state index contributed by atoms with van der Waals surface area (Å²) in [6, 6.07) is 19.4. The lowest BCUT2D eigenvalue weighted by Gasteiger charge is -2.40. The quantitative estimate of drug-likeness (QED) is 0.381. The number of aromatic nitrogens is 2. The maximum absolute atomic E-state index is 14.3. The zero-order valence-electron chi connectivity index (χ0n) is 23.4. The number of nitrogens with zero attached hydrogens (tertiary/aromatic N) is 4. The summed E-state index contributed by atoms with van der Waals surface area (Å²) in [6.45, 7) is 8.05. The first-order valence-electron chi connectivity index (χ1n) is 13.8. The van der Waals surface area contributed by atoms with Crippen molar-refractivity contribution in [1.82, 2.24) is 24.7 Å². The smallest absolute Gasteiger partial charge is 0.302 e. The third-order valence-corrected chi connectivity index (χ3v) is 6.93. The average Bonchev–Trinajstić information content (AvgIpc) is 3.34. The summed E-state index contributed by atoms with van der Waals surface area (Å²) in [5, 5.41) is 3.36. The molecule has 1 saturated heterocycles. The van der Waals surface area contributed by atoms with E-state index in [1.165, 1.54) is 0 Å². The molecule has 0 saturated carbocycles. The predicted molar refractivity (Wildman–Crippen MR) is 153 cm³/mol. The molecule has 0 aliphatic carbocycles. The first-order chi connectivity index (χ1) is 19.3. The van der Waals surface area contributed by atoms with Crippen molar-refractivity contribution in [3.05, 3.63) is 66.4 Å². The van der Waals surface area contributed by atoms with E-state index in [-0.39, 0.29) is 36.7 Å². The maximum atomic E-state index is 14.3. The first kappa shape index (κ1) is 28.8. The molecule has 1 aromatic heterocycles. The molecule has 0 spiro atoms. The summed E-state index contributed by atoms with van der Waals surface area (Å²) in [7, 11) is 0. The molecular formula is C30H38N6O4. The topological polar surface area (TPSA) is 123 Å². The highest BCUT2D eigenvalue weighted by Crippen LogP contribution is 2.33. The second kappa shape index (κ2) is 13.3. The number of piperazine rings is 1. The molecule has 0 unspecified atom stereocenters. The van der Waals surface area contributed by atoms with Gasteiger partial charge in [0.2, 0.25) is 11.8 Å². The molecule has 3 aromatic rings. The molecule has 2 heterocycles. The zero-order chi connectivity index (χ0) is 28.6. The van der Waals surface area contributed by atoms with Crippen molar-refractivity contribution in [2.24, 2.45) is 5.73 Å². The number of rotatable bonds is 11. The fourth-order valence-electron chi connectivity index (χ4n) is 4.98. The van der Waals surface area contributed by atoms with Crippen LogP contribution in [0.25, 0.3) is 16.9 Å². The molecule has 10 nitrogen and oxygen atoms in total. The second-order valence-corrected chi connectivity index (χ2v) is 10.0. The number of carbonyl (C=O) groups is 3. The van der Waals surface area contributed by atoms with Gasteiger partial charge in [-0.15, -0.1) is 0 Å². The number of amides is 3. The Balaban J connectivity index is 1.74. The van der Waals surface area contributed by atoms with E-state index >= 15 is 0 Å². The highest BCUT2D eigenvalue weighted by atomic mass is 16.5. The summed E-state index contributed by atoms with van der Waals surface area (Å²) in [5.41, 5.74) is 7.89. The number of imidazole rings is 1. The van der Waals surface area contributed by atoms with Crippen LogP contribution >= 0.6 is 0 Å². The number of hydrogen-bond donors (Lipinski definition) is 2. The SMILES string of the molecule is CCOc1nc(C(=O)N2CCNC[C@H]2CN(C(=O)CCC(N)=O)C(C)C)c(-c2ccccc2)n1-c1ccccc1. The predicted octanol–water partition coefficient (Wildman–Crippen LogP) is 2.85. The Morgan fingerprint density at radius 2 is 1.75 bits per heavy atom. The van der Waals surface area contributed by atoms with Crippen molar-refractivity contribution in [1.29, 1.82) is 0 Å². The Labute approximate surface area is 235 Å². The van der Waals surface area contributed by atoms with Crippen LogP contribution in [0.2, 0.25) is 0 Å². The summed E-state index contributed by atoms with van der Waals surface area (Å²) in [5.74, 6) is -0.904. The van der Waals surface area contributed by atoms with E-state index in [4.69, 9.17) is 15.5 Å². The van der Waals surface area contributed by atoms with Crippen LogP contribution < -0.4 is 15.8 Å². The highest BCUT2D eigenvalue weighted by molar-refractivity contribution is 5.99. The van der Waals surface area contributed by atoms with Crippen LogP contribution in [0, 0.1) is 0 Å². The van der Waals surface area contributed by atoms with Crippen LogP contribution in [0.3, 0.4) is 0 Å². The third-order valence-electron chi connectivity index (χ3n) is 6.93. The van der Waals surface area contributed by atoms with E-state index < -0.39 is 5.91 Å². The number of hydrogen-bond acceptors (Lipinski definition) is 6. The van der Waals surface area contributed by atoms with Crippen LogP contribution in [-0.4, -0.2) is 81.9 Å². The number of primary amides is 1. The third kappa shape index (κ3) is 6.51. The Bertz CT molecular complexity index is 1310. The lowest BCUT2D eigenvalue weighted by atomic mass is 10.1. The van der Waals surface area contributed by atoms with E-state index in [2.05, 4.69) is 5.32 Å². The maximum Gasteiger partial charge on any atom is 0.302 e. The minimum atomic E-state index is -0.513. The summed E-state index contributed by atoms with van der Waals surface area (Å²) < 4.78 is 7.84. The monoisotopic (exact) mass is 546 g/mol. The standard InChI is InChI=1S/C30H38N6O4/c1-4-40-30-33-27(28(22-11-7-5-8-12-22)36(30)23-13-9-6-10-14-23)29(39)34-18-17-32-19-24(34)20-35(21(2)3)26(38)16-15-25(31)37/h5-14,21,24,32H,4,15-20H2,1-3H3,(H2,31,37)/t24-/m0/s1. The lowest BCUT2D eigenvalue weighted by Crippen LogP contribution is -2.59. The Hall–Kier alpha value is -4.18. The van der Waals surface area contributed by atoms with Gasteiger partial charge in [-0.05, 0) is 32.9 Å². The molecule has 1 aliphatic heterocycles. The van der Waals surface area contributed by atoms with Crippen LogP contribution in [0.4, 0.5) is 0 Å². The Kier molecular flexibility index (Phi) is 9.55. The Morgan fingerprint density at radius 1 is 1.07 bits per heavy atom. The molecule has 3 N–H and O–H groups in total. The number of para-hydroxylation sites is 1. The summed E-state index contributed by atoms with van der Waals surface area (Å²) in [6.07, 6.45) is 0.0319. The van der Waals surface area contributed by atoms with Gasteiger partial charge in [-0.2, -0.15) is 4.98 Å². The number of ether oxygens (including phenoxy) is 1. The molecule has 1 fully saturated rings. The van der Waals surface area contributed by atoms with Crippen LogP contribution in [0.5, 0.6) is 6.01 Å². The largest absolute Gasteiger partial charge is 0.465 e. The molecule has 40 heavy (non-hydrogen) atoms. The van der Waals surface area contributed by atoms with Crippen molar-refractivity contribution < 1.29 is 19.1 Å². The fourth-order valence-corrected chi connectivity index (χ4v) is 4.98. The minimum absolute atomic E-state index is 0.00875. The minimum Gasteiger partial charge on any atom is -0.465 e. The van der Waals surface area contributed by atoms with Gasteiger partial charge >= 0.3 is 6.01 Å². The van der Waals surface area contributed by atoms with Gasteiger partial charge in [0.05, 0.1) is 24.0 Å². The fraction of sp³-hybridized carbons (Fsp3) is 0.400. The van der Waals surface area contributed by atoms with Crippen molar-refractivity contribution in [3.63, 3.8) is 0 Å². The number of carbonyl (C=O) groups excluding carboxylic acids is 3. The van der Waals surface area contributed by atoms with E-state index in [0.717, 1.165) is 11.3 Å². The first-order valence-corrected chi connectivity index (χ1v) is 13.8. The zero-order valence-corrected chi connectivity index (χ0v) is 23.4. The molecule has 212 valence electrons. The van der Waals surface area contributed by atoms with Gasteiger partial charge in [0.1, 0.15) is 0 Å². The molecule has 4 rings (SSSR count). The summed E-state index contributed by atoms with van der Waals surface area (Å²) in [4.78, 5) is 46.9.